The number of unbranched alkanes of at least 4 members (excludes halogenated alkanes) is 1. The second kappa shape index (κ2) is 6.95. The minimum Gasteiger partial charge on any atom is -0.464 e. The van der Waals surface area contributed by atoms with E-state index in [1.54, 1.807) is 0 Å². The minimum atomic E-state index is -0.425. The molecule has 6 nitrogen and oxygen atoms in total. The normalized spacial score (nSPS) is 10.1. The summed E-state index contributed by atoms with van der Waals surface area (Å²) < 4.78 is 4.63. The first kappa shape index (κ1) is 14.4. The molecule has 1 rings (SSSR count). The van der Waals surface area contributed by atoms with Gasteiger partial charge in [-0.1, -0.05) is 0 Å². The summed E-state index contributed by atoms with van der Waals surface area (Å²) >= 11 is 1.41. The monoisotopic (exact) mass is 271 g/mol. The zero-order valence-electron chi connectivity index (χ0n) is 10.5. The standard InChI is InChI=1S/C11H17N3O3S/c1-7-9(10(16)17-2)14-11(18-7)13-6-4-3-5-8(12)15/h3-6H2,1-2H3,(H2,12,15)(H,13,14). The molecule has 0 aliphatic heterocycles. The summed E-state index contributed by atoms with van der Waals surface area (Å²) in [7, 11) is 1.33. The van der Waals surface area contributed by atoms with Crippen molar-refractivity contribution in [3.05, 3.63) is 10.6 Å². The van der Waals surface area contributed by atoms with Gasteiger partial charge in [-0.3, -0.25) is 4.79 Å². The molecule has 1 amide bonds. The van der Waals surface area contributed by atoms with E-state index in [0.717, 1.165) is 17.7 Å². The van der Waals surface area contributed by atoms with E-state index in [9.17, 15) is 9.59 Å². The molecule has 0 unspecified atom stereocenters. The Morgan fingerprint density at radius 3 is 2.78 bits per heavy atom. The number of nitrogens with zero attached hydrogens (tertiary/aromatic N) is 1. The van der Waals surface area contributed by atoms with Crippen LogP contribution in [-0.4, -0.2) is 30.5 Å². The largest absolute Gasteiger partial charge is 0.464 e. The lowest BCUT2D eigenvalue weighted by molar-refractivity contribution is -0.118. The number of aryl methyl sites for hydroxylation is 1. The third-order valence-electron chi connectivity index (χ3n) is 2.30. The van der Waals surface area contributed by atoms with Gasteiger partial charge in [-0.25, -0.2) is 9.78 Å². The summed E-state index contributed by atoms with van der Waals surface area (Å²) in [6, 6.07) is 0. The van der Waals surface area contributed by atoms with Crippen LogP contribution in [0.2, 0.25) is 0 Å². The Kier molecular flexibility index (Phi) is 5.57. The molecule has 0 bridgehead atoms. The van der Waals surface area contributed by atoms with Crippen molar-refractivity contribution in [3.8, 4) is 0 Å². The highest BCUT2D eigenvalue weighted by Crippen LogP contribution is 2.22. The van der Waals surface area contributed by atoms with Crippen LogP contribution in [0.25, 0.3) is 0 Å². The summed E-state index contributed by atoms with van der Waals surface area (Å²) in [5, 5.41) is 3.79. The fraction of sp³-hybridized carbons (Fsp3) is 0.545. The van der Waals surface area contributed by atoms with E-state index >= 15 is 0 Å². The Morgan fingerprint density at radius 1 is 1.44 bits per heavy atom. The number of nitrogens with one attached hydrogen (secondary N) is 1. The van der Waals surface area contributed by atoms with Crippen LogP contribution in [0.15, 0.2) is 0 Å². The predicted octanol–water partition coefficient (Wildman–Crippen LogP) is 1.31. The van der Waals surface area contributed by atoms with Crippen LogP contribution in [0.1, 0.15) is 34.6 Å². The SMILES string of the molecule is COC(=O)c1nc(NCCCCC(N)=O)sc1C. The van der Waals surface area contributed by atoms with Crippen LogP contribution in [0, 0.1) is 6.92 Å². The van der Waals surface area contributed by atoms with Crippen LogP contribution in [0.5, 0.6) is 0 Å². The Morgan fingerprint density at radius 2 is 2.17 bits per heavy atom. The fourth-order valence-corrected chi connectivity index (χ4v) is 2.20. The van der Waals surface area contributed by atoms with Gasteiger partial charge >= 0.3 is 5.97 Å². The number of primary amides is 1. The van der Waals surface area contributed by atoms with Gasteiger partial charge in [-0.2, -0.15) is 0 Å². The minimum absolute atomic E-state index is 0.284. The van der Waals surface area contributed by atoms with Crippen molar-refractivity contribution in [3.63, 3.8) is 0 Å². The molecule has 0 saturated carbocycles. The molecular formula is C11H17N3O3S. The number of carbonyl (C=O) groups is 2. The van der Waals surface area contributed by atoms with E-state index < -0.39 is 5.97 Å². The average Bonchev–Trinajstić information content (AvgIpc) is 2.69. The van der Waals surface area contributed by atoms with Gasteiger partial charge in [-0.15, -0.1) is 11.3 Å². The first-order valence-corrected chi connectivity index (χ1v) is 6.44. The number of esters is 1. The number of amides is 1. The van der Waals surface area contributed by atoms with Crippen molar-refractivity contribution in [1.29, 1.82) is 0 Å². The predicted molar refractivity (Wildman–Crippen MR) is 69.7 cm³/mol. The van der Waals surface area contributed by atoms with E-state index in [0.29, 0.717) is 23.8 Å². The van der Waals surface area contributed by atoms with Gasteiger partial charge in [0, 0.05) is 17.8 Å². The van der Waals surface area contributed by atoms with Crippen molar-refractivity contribution in [2.24, 2.45) is 5.73 Å². The molecule has 0 aliphatic carbocycles. The van der Waals surface area contributed by atoms with Crippen LogP contribution in [0.4, 0.5) is 5.13 Å². The maximum atomic E-state index is 11.3. The molecule has 1 aromatic rings. The molecule has 0 radical (unpaired) electrons. The lowest BCUT2D eigenvalue weighted by Crippen LogP contribution is -2.11. The molecule has 7 heteroatoms. The summed E-state index contributed by atoms with van der Waals surface area (Å²) in [5.41, 5.74) is 5.39. The highest BCUT2D eigenvalue weighted by Gasteiger charge is 2.15. The van der Waals surface area contributed by atoms with Crippen LogP contribution < -0.4 is 11.1 Å². The zero-order chi connectivity index (χ0) is 13.5. The molecule has 0 aliphatic rings. The van der Waals surface area contributed by atoms with Crippen molar-refractivity contribution < 1.29 is 14.3 Å². The molecule has 0 atom stereocenters. The van der Waals surface area contributed by atoms with Crippen molar-refractivity contribution in [2.75, 3.05) is 19.0 Å². The molecule has 0 aromatic carbocycles. The zero-order valence-corrected chi connectivity index (χ0v) is 11.3. The summed E-state index contributed by atoms with van der Waals surface area (Å²) in [6.07, 6.45) is 1.97. The summed E-state index contributed by atoms with van der Waals surface area (Å²) in [4.78, 5) is 26.8. The van der Waals surface area contributed by atoms with E-state index in [-0.39, 0.29) is 5.91 Å². The summed E-state index contributed by atoms with van der Waals surface area (Å²) in [6.45, 7) is 2.52. The number of thiazole rings is 1. The third-order valence-corrected chi connectivity index (χ3v) is 3.23. The van der Waals surface area contributed by atoms with Gasteiger partial charge in [0.05, 0.1) is 7.11 Å². The molecular weight excluding hydrogens is 254 g/mol. The van der Waals surface area contributed by atoms with Crippen molar-refractivity contribution in [2.45, 2.75) is 26.2 Å². The number of aromatic nitrogens is 1. The number of rotatable bonds is 7. The van der Waals surface area contributed by atoms with Crippen LogP contribution in [-0.2, 0) is 9.53 Å². The van der Waals surface area contributed by atoms with Crippen LogP contribution in [0.3, 0.4) is 0 Å². The maximum Gasteiger partial charge on any atom is 0.357 e. The second-order valence-corrected chi connectivity index (χ2v) is 4.97. The molecule has 0 fully saturated rings. The molecule has 1 aromatic heterocycles. The van der Waals surface area contributed by atoms with Gasteiger partial charge in [0.1, 0.15) is 0 Å². The first-order valence-electron chi connectivity index (χ1n) is 5.62. The van der Waals surface area contributed by atoms with Crippen molar-refractivity contribution in [1.82, 2.24) is 4.98 Å². The fourth-order valence-electron chi connectivity index (χ4n) is 1.38. The summed E-state index contributed by atoms with van der Waals surface area (Å²) in [5.74, 6) is -0.710. The number of nitrogens with two attached hydrogens (primary N) is 1. The molecule has 1 heterocycles. The first-order chi connectivity index (χ1) is 8.54. The number of hydrogen-bond donors (Lipinski definition) is 2. The number of methoxy groups -OCH3 is 1. The molecule has 100 valence electrons. The third kappa shape index (κ3) is 4.33. The Hall–Kier alpha value is -1.63. The smallest absolute Gasteiger partial charge is 0.357 e. The lowest BCUT2D eigenvalue weighted by atomic mass is 10.2. The highest BCUT2D eigenvalue weighted by molar-refractivity contribution is 7.15. The van der Waals surface area contributed by atoms with Crippen LogP contribution >= 0.6 is 11.3 Å². The maximum absolute atomic E-state index is 11.3. The van der Waals surface area contributed by atoms with E-state index in [1.807, 2.05) is 6.92 Å². The Labute approximate surface area is 110 Å². The number of ether oxygens (including phenoxy) is 1. The lowest BCUT2D eigenvalue weighted by Gasteiger charge is -2.00. The van der Waals surface area contributed by atoms with E-state index in [2.05, 4.69) is 15.0 Å². The van der Waals surface area contributed by atoms with E-state index in [4.69, 9.17) is 5.73 Å². The molecule has 18 heavy (non-hydrogen) atoms. The number of anilines is 1. The van der Waals surface area contributed by atoms with Gasteiger partial charge in [0.2, 0.25) is 5.91 Å². The number of carbonyl (C=O) groups excluding carboxylic acids is 2. The van der Waals surface area contributed by atoms with E-state index in [1.165, 1.54) is 18.4 Å². The Balaban J connectivity index is 2.39. The van der Waals surface area contributed by atoms with Gasteiger partial charge < -0.3 is 15.8 Å². The van der Waals surface area contributed by atoms with Gasteiger partial charge in [0.15, 0.2) is 10.8 Å². The second-order valence-electron chi connectivity index (χ2n) is 3.77. The molecule has 0 spiro atoms. The Bertz CT molecular complexity index is 431. The molecule has 0 saturated heterocycles. The molecule has 3 N–H and O–H groups in total. The number of hydrogen-bond acceptors (Lipinski definition) is 6. The van der Waals surface area contributed by atoms with Gasteiger partial charge in [-0.05, 0) is 19.8 Å². The highest BCUT2D eigenvalue weighted by atomic mass is 32.1. The van der Waals surface area contributed by atoms with Gasteiger partial charge in [0.25, 0.3) is 0 Å². The average molecular weight is 271 g/mol. The van der Waals surface area contributed by atoms with Crippen molar-refractivity contribution >= 4 is 28.3 Å². The quantitative estimate of drug-likeness (QED) is 0.576. The topological polar surface area (TPSA) is 94.3 Å².